The molecule has 2 aromatic rings. The third kappa shape index (κ3) is 4.58. The quantitative estimate of drug-likeness (QED) is 0.693. The molecule has 0 spiro atoms. The molecule has 1 fully saturated rings. The van der Waals surface area contributed by atoms with Crippen molar-refractivity contribution in [1.29, 1.82) is 0 Å². The molecule has 1 atom stereocenters. The summed E-state index contributed by atoms with van der Waals surface area (Å²) in [6.45, 7) is 3.00. The topological polar surface area (TPSA) is 111 Å². The third-order valence-corrected chi connectivity index (χ3v) is 5.38. The van der Waals surface area contributed by atoms with Crippen LogP contribution in [-0.4, -0.2) is 39.3 Å². The molecule has 1 aromatic heterocycles. The van der Waals surface area contributed by atoms with Crippen LogP contribution in [-0.2, 0) is 13.1 Å². The van der Waals surface area contributed by atoms with E-state index in [1.807, 2.05) is 4.90 Å². The summed E-state index contributed by atoms with van der Waals surface area (Å²) in [6.07, 6.45) is 1.77. The second kappa shape index (κ2) is 9.20. The number of carboxylic acids is 1. The van der Waals surface area contributed by atoms with Crippen molar-refractivity contribution in [3.8, 4) is 11.8 Å². The van der Waals surface area contributed by atoms with Gasteiger partial charge in [-0.1, -0.05) is 23.6 Å². The first-order valence-corrected chi connectivity index (χ1v) is 9.96. The fourth-order valence-corrected chi connectivity index (χ4v) is 3.75. The average molecular weight is 431 g/mol. The molecule has 0 aliphatic carbocycles. The highest BCUT2D eigenvalue weighted by molar-refractivity contribution is 6.33. The number of piperidine rings is 1. The maximum Gasteiger partial charge on any atom is 0.337 e. The maximum absolute atomic E-state index is 13.2. The molecule has 9 heteroatoms. The van der Waals surface area contributed by atoms with Crippen LogP contribution in [0.2, 0.25) is 5.02 Å². The van der Waals surface area contributed by atoms with E-state index in [2.05, 4.69) is 11.8 Å². The van der Waals surface area contributed by atoms with Gasteiger partial charge in [-0.05, 0) is 37.5 Å². The second-order valence-corrected chi connectivity index (χ2v) is 7.60. The number of hydrogen-bond acceptors (Lipinski definition) is 5. The van der Waals surface area contributed by atoms with Crippen molar-refractivity contribution in [2.75, 3.05) is 18.0 Å². The molecule has 0 unspecified atom stereocenters. The van der Waals surface area contributed by atoms with Crippen molar-refractivity contribution in [2.45, 2.75) is 38.9 Å². The summed E-state index contributed by atoms with van der Waals surface area (Å²) < 4.78 is 2.53. The van der Waals surface area contributed by atoms with Gasteiger partial charge in [-0.25, -0.2) is 9.59 Å². The summed E-state index contributed by atoms with van der Waals surface area (Å²) >= 11 is 5.91. The highest BCUT2D eigenvalue weighted by Crippen LogP contribution is 2.19. The van der Waals surface area contributed by atoms with E-state index in [9.17, 15) is 19.5 Å². The minimum absolute atomic E-state index is 0.0227. The molecule has 30 heavy (non-hydrogen) atoms. The maximum atomic E-state index is 13.2. The molecular weight excluding hydrogens is 408 g/mol. The molecule has 8 nitrogen and oxygen atoms in total. The number of carbonyl (C=O) groups is 1. The minimum Gasteiger partial charge on any atom is -0.478 e. The molecule has 1 aromatic carbocycles. The van der Waals surface area contributed by atoms with Crippen LogP contribution in [0, 0.1) is 11.8 Å². The van der Waals surface area contributed by atoms with Gasteiger partial charge in [0.15, 0.2) is 0 Å². The van der Waals surface area contributed by atoms with Crippen LogP contribution in [0.15, 0.2) is 33.9 Å². The summed E-state index contributed by atoms with van der Waals surface area (Å²) in [4.78, 5) is 39.3. The van der Waals surface area contributed by atoms with E-state index in [4.69, 9.17) is 17.3 Å². The lowest BCUT2D eigenvalue weighted by molar-refractivity contribution is 0.0697. The summed E-state index contributed by atoms with van der Waals surface area (Å²) in [5.74, 6) is 4.98. The van der Waals surface area contributed by atoms with Crippen molar-refractivity contribution in [3.63, 3.8) is 0 Å². The van der Waals surface area contributed by atoms with Gasteiger partial charge < -0.3 is 15.7 Å². The van der Waals surface area contributed by atoms with Gasteiger partial charge in [-0.3, -0.25) is 13.9 Å². The smallest absolute Gasteiger partial charge is 0.337 e. The van der Waals surface area contributed by atoms with Crippen molar-refractivity contribution in [1.82, 2.24) is 9.13 Å². The zero-order valence-corrected chi connectivity index (χ0v) is 17.4. The number of anilines is 1. The van der Waals surface area contributed by atoms with Gasteiger partial charge in [0.2, 0.25) is 0 Å². The summed E-state index contributed by atoms with van der Waals surface area (Å²) in [5.41, 5.74) is 5.49. The van der Waals surface area contributed by atoms with Gasteiger partial charge in [0.1, 0.15) is 5.82 Å². The standard InChI is InChI=1S/C21H23ClN4O4/c1-2-3-9-25-18(24-8-4-5-15(23)13-24)11-19(27)26(21(25)30)12-14-6-7-17(22)16(10-14)20(28)29/h6-7,10-11,15H,4-5,8-9,12-13,23H2,1H3,(H,28,29)/t15-/m1/s1. The van der Waals surface area contributed by atoms with E-state index in [-0.39, 0.29) is 29.7 Å². The first-order chi connectivity index (χ1) is 14.3. The van der Waals surface area contributed by atoms with E-state index in [1.165, 1.54) is 22.8 Å². The zero-order valence-electron chi connectivity index (χ0n) is 16.6. The minimum atomic E-state index is -1.18. The van der Waals surface area contributed by atoms with Crippen LogP contribution in [0.1, 0.15) is 35.7 Å². The van der Waals surface area contributed by atoms with E-state index in [0.29, 0.717) is 24.5 Å². The number of halogens is 1. The Morgan fingerprint density at radius 2 is 2.07 bits per heavy atom. The van der Waals surface area contributed by atoms with Gasteiger partial charge in [0, 0.05) is 25.2 Å². The normalized spacial score (nSPS) is 16.1. The monoisotopic (exact) mass is 430 g/mol. The summed E-state index contributed by atoms with van der Waals surface area (Å²) in [5, 5.41) is 9.35. The SMILES string of the molecule is CC#CCn1c(N2CCC[C@@H](N)C2)cc(=O)n(Cc2ccc(Cl)c(C(=O)O)c2)c1=O. The summed E-state index contributed by atoms with van der Waals surface area (Å²) in [7, 11) is 0. The zero-order chi connectivity index (χ0) is 21.8. The molecule has 158 valence electrons. The number of rotatable bonds is 5. The average Bonchev–Trinajstić information content (AvgIpc) is 2.71. The molecular formula is C21H23ClN4O4. The Morgan fingerprint density at radius 3 is 2.73 bits per heavy atom. The molecule has 0 radical (unpaired) electrons. The van der Waals surface area contributed by atoms with E-state index < -0.39 is 17.2 Å². The van der Waals surface area contributed by atoms with Crippen molar-refractivity contribution >= 4 is 23.4 Å². The molecule has 0 bridgehead atoms. The van der Waals surface area contributed by atoms with Crippen molar-refractivity contribution < 1.29 is 9.90 Å². The number of aromatic carboxylic acids is 1. The predicted octanol–water partition coefficient (Wildman–Crippen LogP) is 1.36. The van der Waals surface area contributed by atoms with Gasteiger partial charge in [-0.15, -0.1) is 5.92 Å². The van der Waals surface area contributed by atoms with Crippen LogP contribution in [0.5, 0.6) is 0 Å². The first-order valence-electron chi connectivity index (χ1n) is 9.58. The Balaban J connectivity index is 2.07. The Hall–Kier alpha value is -3.02. The second-order valence-electron chi connectivity index (χ2n) is 7.19. The molecule has 3 rings (SSSR count). The molecule has 1 aliphatic rings. The van der Waals surface area contributed by atoms with Crippen LogP contribution in [0.25, 0.3) is 0 Å². The third-order valence-electron chi connectivity index (χ3n) is 5.05. The van der Waals surface area contributed by atoms with Crippen molar-refractivity contribution in [2.24, 2.45) is 5.73 Å². The lowest BCUT2D eigenvalue weighted by atomic mass is 10.1. The van der Waals surface area contributed by atoms with Crippen LogP contribution >= 0.6 is 11.6 Å². The Morgan fingerprint density at radius 1 is 1.30 bits per heavy atom. The number of nitrogens with zero attached hydrogens (tertiary/aromatic N) is 3. The number of benzene rings is 1. The fraction of sp³-hybridized carbons (Fsp3) is 0.381. The summed E-state index contributed by atoms with van der Waals surface area (Å²) in [6, 6.07) is 5.80. The van der Waals surface area contributed by atoms with Gasteiger partial charge in [0.05, 0.1) is 23.7 Å². The lowest BCUT2D eigenvalue weighted by Gasteiger charge is -2.33. The fourth-order valence-electron chi connectivity index (χ4n) is 3.55. The van der Waals surface area contributed by atoms with E-state index >= 15 is 0 Å². The Bertz CT molecular complexity index is 1140. The predicted molar refractivity (Wildman–Crippen MR) is 115 cm³/mol. The first kappa shape index (κ1) is 21.7. The highest BCUT2D eigenvalue weighted by atomic mass is 35.5. The molecule has 0 saturated carbocycles. The van der Waals surface area contributed by atoms with Gasteiger partial charge >= 0.3 is 11.7 Å². The Kier molecular flexibility index (Phi) is 6.65. The van der Waals surface area contributed by atoms with Crippen molar-refractivity contribution in [3.05, 3.63) is 61.3 Å². The number of carboxylic acid groups (broad SMARTS) is 1. The van der Waals surface area contributed by atoms with Gasteiger partial charge in [-0.2, -0.15) is 0 Å². The number of aromatic nitrogens is 2. The van der Waals surface area contributed by atoms with Crippen LogP contribution in [0.3, 0.4) is 0 Å². The molecule has 0 amide bonds. The molecule has 2 heterocycles. The number of hydrogen-bond donors (Lipinski definition) is 2. The van der Waals surface area contributed by atoms with Crippen LogP contribution in [0.4, 0.5) is 5.82 Å². The highest BCUT2D eigenvalue weighted by Gasteiger charge is 2.22. The van der Waals surface area contributed by atoms with E-state index in [1.54, 1.807) is 13.0 Å². The Labute approximate surface area is 178 Å². The number of nitrogens with two attached hydrogens (primary N) is 1. The van der Waals surface area contributed by atoms with Gasteiger partial charge in [0.25, 0.3) is 5.56 Å². The van der Waals surface area contributed by atoms with E-state index in [0.717, 1.165) is 17.4 Å². The van der Waals surface area contributed by atoms with Crippen LogP contribution < -0.4 is 21.9 Å². The largest absolute Gasteiger partial charge is 0.478 e. The molecule has 1 saturated heterocycles. The molecule has 3 N–H and O–H groups in total. The molecule has 1 aliphatic heterocycles. The lowest BCUT2D eigenvalue weighted by Crippen LogP contribution is -2.48.